The molecule has 0 spiro atoms. The smallest absolute Gasteiger partial charge is 0.0894 e. The Morgan fingerprint density at radius 3 is 1.67 bits per heavy atom. The van der Waals surface area contributed by atoms with E-state index < -0.39 is 0 Å². The van der Waals surface area contributed by atoms with Crippen LogP contribution in [0.1, 0.15) is 30.9 Å². The molecular weight excluding hydrogens is 297 g/mol. The zero-order valence-corrected chi connectivity index (χ0v) is 14.2. The second-order valence-corrected chi connectivity index (χ2v) is 5.56. The van der Waals surface area contributed by atoms with E-state index >= 15 is 0 Å². The van der Waals surface area contributed by atoms with Crippen molar-refractivity contribution in [2.45, 2.75) is 26.2 Å². The normalized spacial score (nSPS) is 10.4. The second kappa shape index (κ2) is 10.3. The SMILES string of the molecule is CCCCF.c1ccc2c(c1)Cc1ccccc1-2.c1ccncc1. The van der Waals surface area contributed by atoms with Crippen LogP contribution in [0.3, 0.4) is 0 Å². The van der Waals surface area contributed by atoms with Crippen LogP contribution in [0.5, 0.6) is 0 Å². The van der Waals surface area contributed by atoms with Gasteiger partial charge in [0.1, 0.15) is 0 Å². The molecule has 1 aliphatic carbocycles. The first-order valence-electron chi connectivity index (χ1n) is 8.44. The van der Waals surface area contributed by atoms with Crippen LogP contribution in [0.4, 0.5) is 4.39 Å². The van der Waals surface area contributed by atoms with Gasteiger partial charge in [-0.1, -0.05) is 67.9 Å². The van der Waals surface area contributed by atoms with Crippen LogP contribution in [0.15, 0.2) is 79.1 Å². The van der Waals surface area contributed by atoms with Crippen LogP contribution in [-0.2, 0) is 6.42 Å². The molecule has 2 heteroatoms. The first-order chi connectivity index (χ1) is 11.9. The second-order valence-electron chi connectivity index (χ2n) is 5.56. The van der Waals surface area contributed by atoms with Crippen molar-refractivity contribution in [2.24, 2.45) is 0 Å². The van der Waals surface area contributed by atoms with Crippen molar-refractivity contribution in [2.75, 3.05) is 6.67 Å². The third-order valence-electron chi connectivity index (χ3n) is 3.76. The standard InChI is InChI=1S/C13H10.C5H5N.C4H9F/c1-3-7-12-10(5-1)9-11-6-2-4-8-13(11)12;1-2-4-6-5-3-1;1-2-3-4-5/h1-8H,9H2;1-5H;2-4H2,1H3. The lowest BCUT2D eigenvalue weighted by Crippen LogP contribution is -1.77. The Bertz CT molecular complexity index is 638. The number of aromatic nitrogens is 1. The number of halogens is 1. The highest BCUT2D eigenvalue weighted by atomic mass is 19.1. The van der Waals surface area contributed by atoms with Crippen molar-refractivity contribution in [1.29, 1.82) is 0 Å². The molecule has 0 bridgehead atoms. The average molecular weight is 321 g/mol. The Balaban J connectivity index is 0.000000159. The van der Waals surface area contributed by atoms with Gasteiger partial charge in [-0.2, -0.15) is 0 Å². The number of unbranched alkanes of at least 4 members (excludes halogenated alkanes) is 1. The van der Waals surface area contributed by atoms with Crippen molar-refractivity contribution in [3.05, 3.63) is 90.3 Å². The predicted molar refractivity (Wildman–Crippen MR) is 99.8 cm³/mol. The fraction of sp³-hybridized carbons (Fsp3) is 0.227. The van der Waals surface area contributed by atoms with E-state index in [0.717, 1.165) is 19.3 Å². The van der Waals surface area contributed by atoms with E-state index in [0.29, 0.717) is 0 Å². The van der Waals surface area contributed by atoms with Crippen molar-refractivity contribution < 1.29 is 4.39 Å². The molecule has 0 unspecified atom stereocenters. The quantitative estimate of drug-likeness (QED) is 0.435. The highest BCUT2D eigenvalue weighted by Crippen LogP contribution is 2.35. The van der Waals surface area contributed by atoms with Gasteiger partial charge in [-0.15, -0.1) is 0 Å². The van der Waals surface area contributed by atoms with E-state index in [4.69, 9.17) is 0 Å². The third kappa shape index (κ3) is 5.31. The number of hydrogen-bond acceptors (Lipinski definition) is 1. The lowest BCUT2D eigenvalue weighted by molar-refractivity contribution is 0.469. The first-order valence-corrected chi connectivity index (χ1v) is 8.44. The number of pyridine rings is 1. The molecule has 24 heavy (non-hydrogen) atoms. The van der Waals surface area contributed by atoms with E-state index in [1.54, 1.807) is 12.4 Å². The lowest BCUT2D eigenvalue weighted by atomic mass is 10.1. The summed E-state index contributed by atoms with van der Waals surface area (Å²) in [5.41, 5.74) is 5.75. The molecule has 0 saturated heterocycles. The number of fused-ring (bicyclic) bond motifs is 3. The lowest BCUT2D eigenvalue weighted by Gasteiger charge is -1.98. The summed E-state index contributed by atoms with van der Waals surface area (Å²) in [5.74, 6) is 0. The first kappa shape index (κ1) is 17.9. The third-order valence-corrected chi connectivity index (χ3v) is 3.76. The molecule has 2 aromatic carbocycles. The molecular formula is C22H24FN. The molecule has 0 radical (unpaired) electrons. The Morgan fingerprint density at radius 2 is 1.33 bits per heavy atom. The van der Waals surface area contributed by atoms with Gasteiger partial charge in [0.25, 0.3) is 0 Å². The van der Waals surface area contributed by atoms with Gasteiger partial charge in [0.05, 0.1) is 6.67 Å². The van der Waals surface area contributed by atoms with Crippen LogP contribution in [-0.4, -0.2) is 11.7 Å². The molecule has 1 heterocycles. The molecule has 0 fully saturated rings. The number of rotatable bonds is 2. The topological polar surface area (TPSA) is 12.9 Å². The van der Waals surface area contributed by atoms with E-state index in [9.17, 15) is 4.39 Å². The van der Waals surface area contributed by atoms with Gasteiger partial charge < -0.3 is 0 Å². The maximum atomic E-state index is 11.0. The van der Waals surface area contributed by atoms with Gasteiger partial charge >= 0.3 is 0 Å². The summed E-state index contributed by atoms with van der Waals surface area (Å²) in [6.45, 7) is 1.82. The van der Waals surface area contributed by atoms with Gasteiger partial charge in [-0.3, -0.25) is 9.37 Å². The molecule has 0 amide bonds. The number of alkyl halides is 1. The monoisotopic (exact) mass is 321 g/mol. The summed E-state index contributed by atoms with van der Waals surface area (Å²) in [7, 11) is 0. The van der Waals surface area contributed by atoms with Crippen LogP contribution in [0.2, 0.25) is 0 Å². The summed E-state index contributed by atoms with van der Waals surface area (Å²) in [6.07, 6.45) is 6.29. The molecule has 1 aromatic heterocycles. The van der Waals surface area contributed by atoms with Crippen molar-refractivity contribution in [3.8, 4) is 11.1 Å². The van der Waals surface area contributed by atoms with E-state index in [1.807, 2.05) is 25.1 Å². The largest absolute Gasteiger partial charge is 0.265 e. The minimum Gasteiger partial charge on any atom is -0.265 e. The van der Waals surface area contributed by atoms with E-state index in [-0.39, 0.29) is 6.67 Å². The van der Waals surface area contributed by atoms with Gasteiger partial charge in [0.2, 0.25) is 0 Å². The Kier molecular flexibility index (Phi) is 7.69. The Morgan fingerprint density at radius 1 is 0.792 bits per heavy atom. The van der Waals surface area contributed by atoms with E-state index in [2.05, 4.69) is 53.5 Å². The molecule has 0 N–H and O–H groups in total. The van der Waals surface area contributed by atoms with Gasteiger partial charge in [-0.05, 0) is 47.2 Å². The Labute approximate surface area is 144 Å². The summed E-state index contributed by atoms with van der Waals surface area (Å²) >= 11 is 0. The fourth-order valence-corrected chi connectivity index (χ4v) is 2.53. The molecule has 3 aromatic rings. The summed E-state index contributed by atoms with van der Waals surface area (Å²) in [5, 5.41) is 0. The van der Waals surface area contributed by atoms with Crippen molar-refractivity contribution in [1.82, 2.24) is 4.98 Å². The number of hydrogen-bond donors (Lipinski definition) is 0. The average Bonchev–Trinajstić information content (AvgIpc) is 3.04. The zero-order chi connectivity index (χ0) is 17.0. The maximum absolute atomic E-state index is 11.0. The Hall–Kier alpha value is -2.48. The zero-order valence-electron chi connectivity index (χ0n) is 14.2. The summed E-state index contributed by atoms with van der Waals surface area (Å²) in [6, 6.07) is 23.0. The van der Waals surface area contributed by atoms with Crippen molar-refractivity contribution >= 4 is 0 Å². The van der Waals surface area contributed by atoms with Gasteiger partial charge in [0.15, 0.2) is 0 Å². The molecule has 0 saturated carbocycles. The van der Waals surface area contributed by atoms with Gasteiger partial charge in [-0.25, -0.2) is 0 Å². The fourth-order valence-electron chi connectivity index (χ4n) is 2.53. The summed E-state index contributed by atoms with van der Waals surface area (Å²) in [4.78, 5) is 3.78. The van der Waals surface area contributed by atoms with Crippen molar-refractivity contribution in [3.63, 3.8) is 0 Å². The molecule has 1 aliphatic rings. The maximum Gasteiger partial charge on any atom is 0.0894 e. The summed E-state index contributed by atoms with van der Waals surface area (Å²) < 4.78 is 11.0. The van der Waals surface area contributed by atoms with Gasteiger partial charge in [0, 0.05) is 12.4 Å². The van der Waals surface area contributed by atoms with Crippen LogP contribution >= 0.6 is 0 Å². The molecule has 1 nitrogen and oxygen atoms in total. The number of benzene rings is 2. The highest BCUT2D eigenvalue weighted by molar-refractivity contribution is 5.76. The van der Waals surface area contributed by atoms with Crippen LogP contribution < -0.4 is 0 Å². The molecule has 0 aliphatic heterocycles. The minimum atomic E-state index is -0.156. The molecule has 0 atom stereocenters. The molecule has 124 valence electrons. The van der Waals surface area contributed by atoms with E-state index in [1.165, 1.54) is 22.3 Å². The minimum absolute atomic E-state index is 0.156. The van der Waals surface area contributed by atoms with Crippen LogP contribution in [0, 0.1) is 0 Å². The predicted octanol–water partition coefficient (Wildman–Crippen LogP) is 6.10. The number of nitrogens with zero attached hydrogens (tertiary/aromatic N) is 1. The molecule has 4 rings (SSSR count). The van der Waals surface area contributed by atoms with Crippen LogP contribution in [0.25, 0.3) is 11.1 Å². The highest BCUT2D eigenvalue weighted by Gasteiger charge is 2.15.